The van der Waals surface area contributed by atoms with Gasteiger partial charge in [-0.15, -0.1) is 22.7 Å². The maximum atomic E-state index is 13.2. The van der Waals surface area contributed by atoms with E-state index in [1.165, 1.54) is 11.5 Å². The van der Waals surface area contributed by atoms with E-state index < -0.39 is 23.3 Å². The van der Waals surface area contributed by atoms with Gasteiger partial charge >= 0.3 is 12.1 Å². The van der Waals surface area contributed by atoms with Gasteiger partial charge in [0.1, 0.15) is 28.1 Å². The van der Waals surface area contributed by atoms with E-state index in [1.807, 2.05) is 52.1 Å². The van der Waals surface area contributed by atoms with Crippen molar-refractivity contribution in [2.75, 3.05) is 4.90 Å². The standard InChI is InChI=1S/C26H35N3O5S3/c1-15(27-19(30)13-20(31)33-25(3,4)5)12-18-16(2)21-22(36-18)23(37-28-21)29(14-17-10-9-11-35-17)24(32)34-26(6,7)8/h9-11,15H,12-14H2,1-8H3,(H,27,30)/t15-/m0/s1. The van der Waals surface area contributed by atoms with Crippen LogP contribution in [0.1, 0.15) is 70.2 Å². The third kappa shape index (κ3) is 8.24. The molecule has 0 aliphatic heterocycles. The van der Waals surface area contributed by atoms with Crippen molar-refractivity contribution in [2.45, 2.75) is 92.0 Å². The van der Waals surface area contributed by atoms with Crippen LogP contribution >= 0.6 is 34.2 Å². The Labute approximate surface area is 230 Å². The Morgan fingerprint density at radius 3 is 2.38 bits per heavy atom. The predicted octanol–water partition coefficient (Wildman–Crippen LogP) is 6.45. The zero-order valence-electron chi connectivity index (χ0n) is 22.6. The molecule has 0 aliphatic rings. The third-order valence-corrected chi connectivity index (χ3v) is 8.18. The van der Waals surface area contributed by atoms with E-state index in [-0.39, 0.29) is 18.4 Å². The number of hydrogen-bond acceptors (Lipinski definition) is 9. The molecule has 3 rings (SSSR count). The molecule has 11 heteroatoms. The number of fused-ring (bicyclic) bond motifs is 1. The number of aromatic nitrogens is 1. The number of ether oxygens (including phenoxy) is 2. The van der Waals surface area contributed by atoms with Crippen LogP contribution in [-0.2, 0) is 32.0 Å². The van der Waals surface area contributed by atoms with Gasteiger partial charge in [0.05, 0.1) is 11.2 Å². The lowest BCUT2D eigenvalue weighted by Gasteiger charge is -2.26. The summed E-state index contributed by atoms with van der Waals surface area (Å²) in [6, 6.07) is 3.76. The van der Waals surface area contributed by atoms with Gasteiger partial charge in [0, 0.05) is 22.2 Å². The molecule has 0 fully saturated rings. The van der Waals surface area contributed by atoms with Crippen molar-refractivity contribution in [2.24, 2.45) is 0 Å². The molecular formula is C26H35N3O5S3. The Hall–Kier alpha value is -2.50. The first-order valence-electron chi connectivity index (χ1n) is 12.0. The zero-order chi connectivity index (χ0) is 27.5. The molecule has 0 unspecified atom stereocenters. The van der Waals surface area contributed by atoms with E-state index in [0.29, 0.717) is 13.0 Å². The van der Waals surface area contributed by atoms with Gasteiger partial charge in [0.25, 0.3) is 0 Å². The number of nitrogens with one attached hydrogen (secondary N) is 1. The molecule has 3 heterocycles. The van der Waals surface area contributed by atoms with E-state index in [9.17, 15) is 14.4 Å². The highest BCUT2D eigenvalue weighted by atomic mass is 32.1. The molecule has 0 aliphatic carbocycles. The molecule has 0 saturated heterocycles. The van der Waals surface area contributed by atoms with Crippen LogP contribution in [0.5, 0.6) is 0 Å². The van der Waals surface area contributed by atoms with E-state index in [4.69, 9.17) is 9.47 Å². The Balaban J connectivity index is 1.78. The molecule has 1 atom stereocenters. The molecule has 1 N–H and O–H groups in total. The van der Waals surface area contributed by atoms with Crippen LogP contribution < -0.4 is 10.2 Å². The Bertz CT molecular complexity index is 1250. The maximum Gasteiger partial charge on any atom is 0.415 e. The van der Waals surface area contributed by atoms with E-state index in [2.05, 4.69) is 9.69 Å². The molecule has 37 heavy (non-hydrogen) atoms. The number of aryl methyl sites for hydroxylation is 1. The molecule has 0 saturated carbocycles. The summed E-state index contributed by atoms with van der Waals surface area (Å²) in [5.74, 6) is -0.922. The lowest BCUT2D eigenvalue weighted by atomic mass is 10.1. The van der Waals surface area contributed by atoms with Gasteiger partial charge in [0.15, 0.2) is 0 Å². The number of hydrogen-bond donors (Lipinski definition) is 1. The van der Waals surface area contributed by atoms with Crippen molar-refractivity contribution in [3.63, 3.8) is 0 Å². The number of anilines is 1. The average molecular weight is 566 g/mol. The highest BCUT2D eigenvalue weighted by Gasteiger charge is 2.29. The zero-order valence-corrected chi connectivity index (χ0v) is 25.0. The normalized spacial score (nSPS) is 12.9. The van der Waals surface area contributed by atoms with Gasteiger partial charge in [-0.1, -0.05) is 6.07 Å². The van der Waals surface area contributed by atoms with Crippen LogP contribution in [0.4, 0.5) is 9.80 Å². The number of carbonyl (C=O) groups excluding carboxylic acids is 3. The molecule has 202 valence electrons. The fourth-order valence-corrected chi connectivity index (χ4v) is 6.69. The number of esters is 1. The third-order valence-electron chi connectivity index (χ3n) is 5.01. The molecule has 2 amide bonds. The number of carbonyl (C=O) groups is 3. The molecule has 0 bridgehead atoms. The van der Waals surface area contributed by atoms with Crippen LogP contribution in [0.2, 0.25) is 0 Å². The van der Waals surface area contributed by atoms with Gasteiger partial charge in [-0.05, 0) is 83.9 Å². The lowest BCUT2D eigenvalue weighted by Crippen LogP contribution is -2.36. The average Bonchev–Trinajstić information content (AvgIpc) is 3.43. The van der Waals surface area contributed by atoms with Crippen LogP contribution in [0.15, 0.2) is 17.5 Å². The second-order valence-corrected chi connectivity index (χ2v) is 13.8. The Morgan fingerprint density at radius 2 is 1.78 bits per heavy atom. The van der Waals surface area contributed by atoms with Crippen LogP contribution in [0.3, 0.4) is 0 Å². The second kappa shape index (κ2) is 11.5. The fourth-order valence-electron chi connectivity index (χ4n) is 3.56. The van der Waals surface area contributed by atoms with Gasteiger partial charge in [-0.25, -0.2) is 4.79 Å². The summed E-state index contributed by atoms with van der Waals surface area (Å²) < 4.78 is 16.5. The van der Waals surface area contributed by atoms with Gasteiger partial charge in [-0.2, -0.15) is 4.37 Å². The Kier molecular flexibility index (Phi) is 9.02. The summed E-state index contributed by atoms with van der Waals surface area (Å²) in [6.45, 7) is 15.2. The smallest absolute Gasteiger partial charge is 0.415 e. The van der Waals surface area contributed by atoms with Crippen LogP contribution in [0, 0.1) is 6.92 Å². The van der Waals surface area contributed by atoms with Gasteiger partial charge in [-0.3, -0.25) is 14.5 Å². The van der Waals surface area contributed by atoms with Gasteiger partial charge < -0.3 is 14.8 Å². The minimum absolute atomic E-state index is 0.198. The maximum absolute atomic E-state index is 13.2. The monoisotopic (exact) mass is 565 g/mol. The van der Waals surface area contributed by atoms with Crippen LogP contribution in [-0.4, -0.2) is 39.6 Å². The topological polar surface area (TPSA) is 97.8 Å². The summed E-state index contributed by atoms with van der Waals surface area (Å²) >= 11 is 4.44. The SMILES string of the molecule is Cc1c(C[C@H](C)NC(=O)CC(=O)OC(C)(C)C)sc2c(N(Cc3cccs3)C(=O)OC(C)(C)C)snc12. The largest absolute Gasteiger partial charge is 0.460 e. The van der Waals surface area contributed by atoms with E-state index >= 15 is 0 Å². The quantitative estimate of drug-likeness (QED) is 0.249. The number of nitrogens with zero attached hydrogens (tertiary/aromatic N) is 2. The molecule has 8 nitrogen and oxygen atoms in total. The number of thiophene rings is 2. The highest BCUT2D eigenvalue weighted by Crippen LogP contribution is 2.42. The molecule has 3 aromatic rings. The predicted molar refractivity (Wildman–Crippen MR) is 151 cm³/mol. The fraction of sp³-hybridized carbons (Fsp3) is 0.538. The lowest BCUT2D eigenvalue weighted by molar-refractivity contribution is -0.156. The van der Waals surface area contributed by atoms with Crippen molar-refractivity contribution in [1.82, 2.24) is 9.69 Å². The second-order valence-electron chi connectivity index (χ2n) is 10.9. The minimum atomic E-state index is -0.635. The van der Waals surface area contributed by atoms with Crippen molar-refractivity contribution in [1.29, 1.82) is 0 Å². The van der Waals surface area contributed by atoms with Crippen molar-refractivity contribution >= 4 is 67.4 Å². The number of rotatable bonds is 8. The summed E-state index contributed by atoms with van der Waals surface area (Å²) in [5, 5.41) is 5.62. The first-order valence-corrected chi connectivity index (χ1v) is 14.5. The van der Waals surface area contributed by atoms with Crippen molar-refractivity contribution in [3.8, 4) is 0 Å². The Morgan fingerprint density at radius 1 is 1.11 bits per heavy atom. The number of amides is 2. The first kappa shape index (κ1) is 29.1. The molecular weight excluding hydrogens is 531 g/mol. The highest BCUT2D eigenvalue weighted by molar-refractivity contribution is 7.25. The molecule has 0 radical (unpaired) electrons. The first-order chi connectivity index (χ1) is 17.1. The van der Waals surface area contributed by atoms with Crippen LogP contribution in [0.25, 0.3) is 10.2 Å². The molecule has 0 spiro atoms. The van der Waals surface area contributed by atoms with Crippen molar-refractivity contribution < 1.29 is 23.9 Å². The summed E-state index contributed by atoms with van der Waals surface area (Å²) in [7, 11) is 0. The summed E-state index contributed by atoms with van der Waals surface area (Å²) in [4.78, 5) is 41.3. The minimum Gasteiger partial charge on any atom is -0.460 e. The molecule has 3 aromatic heterocycles. The van der Waals surface area contributed by atoms with E-state index in [1.54, 1.807) is 48.3 Å². The van der Waals surface area contributed by atoms with E-state index in [0.717, 1.165) is 30.5 Å². The summed E-state index contributed by atoms with van der Waals surface area (Å²) in [5.41, 5.74) is 0.616. The summed E-state index contributed by atoms with van der Waals surface area (Å²) in [6.07, 6.45) is -0.158. The molecule has 0 aromatic carbocycles. The van der Waals surface area contributed by atoms with Gasteiger partial charge in [0.2, 0.25) is 5.91 Å². The van der Waals surface area contributed by atoms with Crippen molar-refractivity contribution in [3.05, 3.63) is 32.8 Å².